The molecule has 1 heterocycles. The predicted octanol–water partition coefficient (Wildman–Crippen LogP) is 3.91. The van der Waals surface area contributed by atoms with Crippen LogP contribution < -0.4 is 5.32 Å². The molecule has 1 saturated heterocycles. The molecule has 5 heteroatoms. The molecule has 2 N–H and O–H groups in total. The summed E-state index contributed by atoms with van der Waals surface area (Å²) in [6.45, 7) is 3.94. The van der Waals surface area contributed by atoms with Gasteiger partial charge >= 0.3 is 6.03 Å². The number of rotatable bonds is 5. The lowest BCUT2D eigenvalue weighted by atomic mass is 9.80. The summed E-state index contributed by atoms with van der Waals surface area (Å²) in [4.78, 5) is 14.2. The molecule has 27 heavy (non-hydrogen) atoms. The van der Waals surface area contributed by atoms with Crippen LogP contribution in [0.4, 0.5) is 10.5 Å². The molecule has 0 radical (unpaired) electrons. The van der Waals surface area contributed by atoms with Crippen molar-refractivity contribution in [3.63, 3.8) is 0 Å². The Balaban J connectivity index is 1.62. The van der Waals surface area contributed by atoms with Gasteiger partial charge in [0.15, 0.2) is 0 Å². The molecule has 0 atom stereocenters. The molecule has 1 aliphatic rings. The first kappa shape index (κ1) is 19.4. The van der Waals surface area contributed by atoms with Crippen molar-refractivity contribution in [3.8, 4) is 11.1 Å². The zero-order chi connectivity index (χ0) is 19.3. The molecule has 0 aromatic heterocycles. The first-order chi connectivity index (χ1) is 13.0. The number of nitrogens with one attached hydrogen (secondary N) is 1. The third kappa shape index (κ3) is 4.67. The first-order valence-electron chi connectivity index (χ1n) is 9.40. The Hall–Kier alpha value is -2.37. The van der Waals surface area contributed by atoms with Gasteiger partial charge in [-0.15, -0.1) is 0 Å². The van der Waals surface area contributed by atoms with E-state index in [1.807, 2.05) is 36.4 Å². The van der Waals surface area contributed by atoms with E-state index in [4.69, 9.17) is 4.74 Å². The minimum atomic E-state index is -0.265. The van der Waals surface area contributed by atoms with Crippen LogP contribution in [0, 0.1) is 12.3 Å². The SMILES string of the molecule is Cc1ccccc1-c1ccc(NC(=O)N(C)CC2(CO)CCOCC2)cc1. The number of carbonyl (C=O) groups excluding carboxylic acids is 1. The smallest absolute Gasteiger partial charge is 0.321 e. The van der Waals surface area contributed by atoms with Gasteiger partial charge in [0, 0.05) is 37.9 Å². The van der Waals surface area contributed by atoms with Gasteiger partial charge in [-0.2, -0.15) is 0 Å². The highest BCUT2D eigenvalue weighted by Gasteiger charge is 2.34. The topological polar surface area (TPSA) is 61.8 Å². The molecule has 3 rings (SSSR count). The number of amides is 2. The molecule has 2 aromatic rings. The zero-order valence-corrected chi connectivity index (χ0v) is 16.1. The minimum Gasteiger partial charge on any atom is -0.396 e. The number of nitrogens with zero attached hydrogens (tertiary/aromatic N) is 1. The molecule has 0 aliphatic carbocycles. The molecule has 0 spiro atoms. The van der Waals surface area contributed by atoms with Crippen molar-refractivity contribution >= 4 is 11.7 Å². The number of urea groups is 1. The van der Waals surface area contributed by atoms with E-state index in [1.54, 1.807) is 11.9 Å². The Morgan fingerprint density at radius 3 is 2.44 bits per heavy atom. The fraction of sp³-hybridized carbons (Fsp3) is 0.409. The van der Waals surface area contributed by atoms with Gasteiger partial charge in [-0.3, -0.25) is 0 Å². The van der Waals surface area contributed by atoms with Crippen molar-refractivity contribution < 1.29 is 14.6 Å². The second-order valence-corrected chi connectivity index (χ2v) is 7.45. The highest BCUT2D eigenvalue weighted by atomic mass is 16.5. The number of hydrogen-bond donors (Lipinski definition) is 2. The van der Waals surface area contributed by atoms with Crippen LogP contribution in [0.15, 0.2) is 48.5 Å². The molecule has 0 bridgehead atoms. The van der Waals surface area contributed by atoms with E-state index in [-0.39, 0.29) is 18.1 Å². The highest BCUT2D eigenvalue weighted by Crippen LogP contribution is 2.31. The van der Waals surface area contributed by atoms with Crippen LogP contribution in [0.3, 0.4) is 0 Å². The molecule has 5 nitrogen and oxygen atoms in total. The van der Waals surface area contributed by atoms with Gasteiger partial charge in [0.25, 0.3) is 0 Å². The standard InChI is InChI=1S/C22H28N2O3/c1-17-5-3-4-6-20(17)18-7-9-19(10-8-18)23-21(26)24(2)15-22(16-25)11-13-27-14-12-22/h3-10,25H,11-16H2,1-2H3,(H,23,26). The summed E-state index contributed by atoms with van der Waals surface area (Å²) in [6, 6.07) is 16.0. The molecule has 2 aromatic carbocycles. The third-order valence-electron chi connectivity index (χ3n) is 5.40. The quantitative estimate of drug-likeness (QED) is 0.841. The third-order valence-corrected chi connectivity index (χ3v) is 5.40. The predicted molar refractivity (Wildman–Crippen MR) is 108 cm³/mol. The van der Waals surface area contributed by atoms with Crippen LogP contribution in [0.1, 0.15) is 18.4 Å². The average molecular weight is 368 g/mol. The van der Waals surface area contributed by atoms with Gasteiger partial charge in [0.1, 0.15) is 0 Å². The maximum atomic E-state index is 12.6. The van der Waals surface area contributed by atoms with Gasteiger partial charge in [0.2, 0.25) is 0 Å². The van der Waals surface area contributed by atoms with Gasteiger partial charge in [0.05, 0.1) is 6.61 Å². The van der Waals surface area contributed by atoms with E-state index in [2.05, 4.69) is 24.4 Å². The first-order valence-corrected chi connectivity index (χ1v) is 9.40. The molecule has 0 saturated carbocycles. The Bertz CT molecular complexity index is 767. The fourth-order valence-electron chi connectivity index (χ4n) is 3.59. The van der Waals surface area contributed by atoms with E-state index in [0.29, 0.717) is 19.8 Å². The summed E-state index contributed by atoms with van der Waals surface area (Å²) in [6.07, 6.45) is 1.54. The van der Waals surface area contributed by atoms with E-state index in [9.17, 15) is 9.90 Å². The number of ether oxygens (including phenoxy) is 1. The van der Waals surface area contributed by atoms with E-state index >= 15 is 0 Å². The van der Waals surface area contributed by atoms with Gasteiger partial charge < -0.3 is 20.1 Å². The van der Waals surface area contributed by atoms with Crippen molar-refractivity contribution in [3.05, 3.63) is 54.1 Å². The van der Waals surface area contributed by atoms with Crippen LogP contribution >= 0.6 is 0 Å². The lowest BCUT2D eigenvalue weighted by Crippen LogP contribution is -2.45. The summed E-state index contributed by atoms with van der Waals surface area (Å²) in [5.74, 6) is 0. The molecule has 1 fully saturated rings. The van der Waals surface area contributed by atoms with Crippen molar-refractivity contribution in [1.82, 2.24) is 4.90 Å². The zero-order valence-electron chi connectivity index (χ0n) is 16.1. The summed E-state index contributed by atoms with van der Waals surface area (Å²) in [5, 5.41) is 12.7. The van der Waals surface area contributed by atoms with Crippen molar-refractivity contribution in [2.24, 2.45) is 5.41 Å². The lowest BCUT2D eigenvalue weighted by Gasteiger charge is -2.38. The summed E-state index contributed by atoms with van der Waals surface area (Å²) in [7, 11) is 1.77. The second kappa shape index (κ2) is 8.55. The summed E-state index contributed by atoms with van der Waals surface area (Å²) < 4.78 is 5.39. The average Bonchev–Trinajstić information content (AvgIpc) is 2.70. The summed E-state index contributed by atoms with van der Waals surface area (Å²) in [5.41, 5.74) is 4.03. The molecule has 2 amide bonds. The number of aliphatic hydroxyl groups excluding tert-OH is 1. The Morgan fingerprint density at radius 1 is 1.15 bits per heavy atom. The van der Waals surface area contributed by atoms with Crippen LogP contribution in [0.25, 0.3) is 11.1 Å². The van der Waals surface area contributed by atoms with Gasteiger partial charge in [-0.05, 0) is 48.6 Å². The van der Waals surface area contributed by atoms with Crippen LogP contribution in [-0.2, 0) is 4.74 Å². The maximum Gasteiger partial charge on any atom is 0.321 e. The Kier molecular flexibility index (Phi) is 6.14. The van der Waals surface area contributed by atoms with E-state index in [0.717, 1.165) is 24.1 Å². The van der Waals surface area contributed by atoms with Crippen molar-refractivity contribution in [1.29, 1.82) is 0 Å². The summed E-state index contributed by atoms with van der Waals surface area (Å²) >= 11 is 0. The molecule has 144 valence electrons. The number of aliphatic hydroxyl groups is 1. The monoisotopic (exact) mass is 368 g/mol. The Morgan fingerprint density at radius 2 is 1.81 bits per heavy atom. The maximum absolute atomic E-state index is 12.6. The van der Waals surface area contributed by atoms with Crippen LogP contribution in [0.2, 0.25) is 0 Å². The van der Waals surface area contributed by atoms with Crippen molar-refractivity contribution in [2.45, 2.75) is 19.8 Å². The normalized spacial score (nSPS) is 16.0. The van der Waals surface area contributed by atoms with E-state index < -0.39 is 0 Å². The number of benzene rings is 2. The molecule has 0 unspecified atom stereocenters. The number of carbonyl (C=O) groups is 1. The van der Waals surface area contributed by atoms with Crippen LogP contribution in [-0.4, -0.2) is 49.5 Å². The van der Waals surface area contributed by atoms with Gasteiger partial charge in [-0.25, -0.2) is 4.79 Å². The van der Waals surface area contributed by atoms with Crippen LogP contribution in [0.5, 0.6) is 0 Å². The largest absolute Gasteiger partial charge is 0.396 e. The van der Waals surface area contributed by atoms with E-state index in [1.165, 1.54) is 11.1 Å². The highest BCUT2D eigenvalue weighted by molar-refractivity contribution is 5.89. The Labute approximate surface area is 161 Å². The number of aryl methyl sites for hydroxylation is 1. The fourth-order valence-corrected chi connectivity index (χ4v) is 3.59. The number of anilines is 1. The number of hydrogen-bond acceptors (Lipinski definition) is 3. The lowest BCUT2D eigenvalue weighted by molar-refractivity contribution is -0.0255. The van der Waals surface area contributed by atoms with Crippen molar-refractivity contribution in [2.75, 3.05) is 38.7 Å². The molecular formula is C22H28N2O3. The van der Waals surface area contributed by atoms with Gasteiger partial charge in [-0.1, -0.05) is 36.4 Å². The molecule has 1 aliphatic heterocycles. The molecular weight excluding hydrogens is 340 g/mol. The second-order valence-electron chi connectivity index (χ2n) is 7.45. The minimum absolute atomic E-state index is 0.0686.